The standard InChI is InChI=1S/C11H13FN2O3S/c12-8-2-1-6(10(14)15)3-7(8)4-18-5-9(13)11(16)17/h1-3,9H,4-5,13H2,(H2,14,15)(H,16,17)/t9-/m0/s1. The molecule has 1 amide bonds. The molecule has 18 heavy (non-hydrogen) atoms. The van der Waals surface area contributed by atoms with Crippen molar-refractivity contribution in [1.82, 2.24) is 0 Å². The van der Waals surface area contributed by atoms with Crippen molar-refractivity contribution in [3.05, 3.63) is 35.1 Å². The molecule has 0 aliphatic heterocycles. The molecule has 0 spiro atoms. The summed E-state index contributed by atoms with van der Waals surface area (Å²) in [7, 11) is 0. The minimum atomic E-state index is -1.24. The van der Waals surface area contributed by atoms with Crippen molar-refractivity contribution in [1.29, 1.82) is 0 Å². The van der Waals surface area contributed by atoms with Crippen molar-refractivity contribution in [2.45, 2.75) is 11.8 Å². The summed E-state index contributed by atoms with van der Waals surface area (Å²) in [6, 6.07) is 2.98. The third-order valence-corrected chi connectivity index (χ3v) is 3.39. The molecule has 5 nitrogen and oxygen atoms in total. The molecule has 0 bridgehead atoms. The lowest BCUT2D eigenvalue weighted by Crippen LogP contribution is -2.69. The molecule has 1 atom stereocenters. The number of rotatable bonds is 6. The monoisotopic (exact) mass is 272 g/mol. The van der Waals surface area contributed by atoms with E-state index in [-0.39, 0.29) is 17.1 Å². The molecule has 0 aliphatic rings. The fraction of sp³-hybridized carbons (Fsp3) is 0.273. The first-order valence-electron chi connectivity index (χ1n) is 5.11. The lowest BCUT2D eigenvalue weighted by Gasteiger charge is -2.09. The molecule has 0 unspecified atom stereocenters. The molecule has 1 rings (SSSR count). The summed E-state index contributed by atoms with van der Waals surface area (Å²) in [5.41, 5.74) is 9.00. The minimum absolute atomic E-state index is 0.211. The molecule has 1 aromatic carbocycles. The highest BCUT2D eigenvalue weighted by Crippen LogP contribution is 2.17. The van der Waals surface area contributed by atoms with E-state index in [2.05, 4.69) is 5.73 Å². The van der Waals surface area contributed by atoms with E-state index in [4.69, 9.17) is 5.73 Å². The number of carbonyl (C=O) groups is 2. The third-order valence-electron chi connectivity index (χ3n) is 2.24. The Bertz CT molecular complexity index is 468. The van der Waals surface area contributed by atoms with Crippen molar-refractivity contribution >= 4 is 23.6 Å². The summed E-state index contributed by atoms with van der Waals surface area (Å²) in [6.07, 6.45) is 0. The van der Waals surface area contributed by atoms with E-state index >= 15 is 0 Å². The average Bonchev–Trinajstić information content (AvgIpc) is 2.30. The van der Waals surface area contributed by atoms with Crippen LogP contribution in [0, 0.1) is 5.82 Å². The Kier molecular flexibility index (Phi) is 5.11. The quantitative estimate of drug-likeness (QED) is 0.657. The molecule has 0 aliphatic carbocycles. The molecule has 7 heteroatoms. The first-order chi connectivity index (χ1) is 8.41. The van der Waals surface area contributed by atoms with Gasteiger partial charge in [-0.3, -0.25) is 4.79 Å². The molecule has 1 aromatic rings. The predicted octanol–water partition coefficient (Wildman–Crippen LogP) is -1.48. The molecule has 0 saturated carbocycles. The lowest BCUT2D eigenvalue weighted by molar-refractivity contribution is -0.431. The molecule has 98 valence electrons. The van der Waals surface area contributed by atoms with Crippen molar-refractivity contribution in [2.24, 2.45) is 5.73 Å². The van der Waals surface area contributed by atoms with Crippen LogP contribution in [0.15, 0.2) is 18.2 Å². The molecule has 0 aromatic heterocycles. The number of aliphatic carboxylic acids is 1. The molecular formula is C11H13FN2O3S. The summed E-state index contributed by atoms with van der Waals surface area (Å²) in [4.78, 5) is 21.4. The van der Waals surface area contributed by atoms with Gasteiger partial charge in [-0.25, -0.2) is 4.39 Å². The average molecular weight is 272 g/mol. The number of carboxylic acids is 1. The molecule has 0 fully saturated rings. The fourth-order valence-electron chi connectivity index (χ4n) is 1.22. The zero-order chi connectivity index (χ0) is 13.7. The van der Waals surface area contributed by atoms with Crippen LogP contribution in [0.25, 0.3) is 0 Å². The second-order valence-electron chi connectivity index (χ2n) is 3.70. The summed E-state index contributed by atoms with van der Waals surface area (Å²) in [6.45, 7) is 0. The Hall–Kier alpha value is -1.60. The molecule has 5 N–H and O–H groups in total. The van der Waals surface area contributed by atoms with Crippen LogP contribution in [0.4, 0.5) is 4.39 Å². The van der Waals surface area contributed by atoms with E-state index in [1.54, 1.807) is 0 Å². The number of benzene rings is 1. The van der Waals surface area contributed by atoms with Crippen LogP contribution in [0.3, 0.4) is 0 Å². The van der Waals surface area contributed by atoms with Crippen LogP contribution in [0.2, 0.25) is 0 Å². The van der Waals surface area contributed by atoms with Gasteiger partial charge in [0.2, 0.25) is 5.91 Å². The van der Waals surface area contributed by atoms with Gasteiger partial charge >= 0.3 is 0 Å². The van der Waals surface area contributed by atoms with Gasteiger partial charge in [0.1, 0.15) is 11.9 Å². The highest BCUT2D eigenvalue weighted by Gasteiger charge is 2.10. The summed E-state index contributed by atoms with van der Waals surface area (Å²) >= 11 is 1.20. The Morgan fingerprint density at radius 2 is 2.17 bits per heavy atom. The van der Waals surface area contributed by atoms with E-state index in [0.29, 0.717) is 5.56 Å². The Labute approximate surface area is 107 Å². The number of quaternary nitrogens is 1. The van der Waals surface area contributed by atoms with Crippen LogP contribution >= 0.6 is 11.8 Å². The van der Waals surface area contributed by atoms with Crippen LogP contribution < -0.4 is 16.6 Å². The zero-order valence-electron chi connectivity index (χ0n) is 9.52. The maximum absolute atomic E-state index is 13.4. The number of carboxylic acid groups (broad SMARTS) is 1. The highest BCUT2D eigenvalue weighted by molar-refractivity contribution is 7.98. The zero-order valence-corrected chi connectivity index (χ0v) is 10.3. The van der Waals surface area contributed by atoms with Crippen molar-refractivity contribution in [3.63, 3.8) is 0 Å². The number of hydrogen-bond acceptors (Lipinski definition) is 4. The van der Waals surface area contributed by atoms with Crippen molar-refractivity contribution in [3.8, 4) is 0 Å². The van der Waals surface area contributed by atoms with Gasteiger partial charge in [-0.05, 0) is 23.8 Å². The Morgan fingerprint density at radius 3 is 2.72 bits per heavy atom. The third kappa shape index (κ3) is 4.01. The molecule has 0 heterocycles. The highest BCUT2D eigenvalue weighted by atomic mass is 32.2. The fourth-order valence-corrected chi connectivity index (χ4v) is 2.20. The van der Waals surface area contributed by atoms with E-state index in [0.717, 1.165) is 6.07 Å². The summed E-state index contributed by atoms with van der Waals surface area (Å²) in [5, 5.41) is 10.4. The number of primary amides is 1. The largest absolute Gasteiger partial charge is 0.544 e. The van der Waals surface area contributed by atoms with E-state index in [9.17, 15) is 19.1 Å². The SMILES string of the molecule is NC(=O)c1ccc(F)c(CSC[C@H]([NH3+])C(=O)[O-])c1. The summed E-state index contributed by atoms with van der Waals surface area (Å²) in [5.74, 6) is -1.88. The predicted molar refractivity (Wildman–Crippen MR) is 62.8 cm³/mol. The minimum Gasteiger partial charge on any atom is -0.544 e. The number of halogens is 1. The molecule has 0 radical (unpaired) electrons. The van der Waals surface area contributed by atoms with Crippen LogP contribution in [-0.2, 0) is 10.5 Å². The number of amides is 1. The van der Waals surface area contributed by atoms with Crippen LogP contribution in [-0.4, -0.2) is 23.7 Å². The molecule has 0 saturated heterocycles. The van der Waals surface area contributed by atoms with Gasteiger partial charge in [-0.2, -0.15) is 11.8 Å². The number of carbonyl (C=O) groups excluding carboxylic acids is 2. The van der Waals surface area contributed by atoms with Crippen LogP contribution in [0.5, 0.6) is 0 Å². The van der Waals surface area contributed by atoms with Crippen molar-refractivity contribution < 1.29 is 24.8 Å². The van der Waals surface area contributed by atoms with E-state index in [1.807, 2.05) is 0 Å². The first-order valence-corrected chi connectivity index (χ1v) is 6.27. The maximum atomic E-state index is 13.4. The lowest BCUT2D eigenvalue weighted by atomic mass is 10.1. The number of thioether (sulfide) groups is 1. The Balaban J connectivity index is 2.64. The number of hydrogen-bond donors (Lipinski definition) is 2. The second kappa shape index (κ2) is 6.36. The summed E-state index contributed by atoms with van der Waals surface area (Å²) < 4.78 is 13.4. The number of nitrogens with two attached hydrogens (primary N) is 1. The van der Waals surface area contributed by atoms with Crippen molar-refractivity contribution in [2.75, 3.05) is 5.75 Å². The Morgan fingerprint density at radius 1 is 1.50 bits per heavy atom. The van der Waals surface area contributed by atoms with E-state index in [1.165, 1.54) is 23.9 Å². The molecular weight excluding hydrogens is 259 g/mol. The van der Waals surface area contributed by atoms with Gasteiger partial charge < -0.3 is 21.4 Å². The van der Waals surface area contributed by atoms with Gasteiger partial charge in [-0.15, -0.1) is 0 Å². The first kappa shape index (κ1) is 14.5. The topological polar surface area (TPSA) is 111 Å². The van der Waals surface area contributed by atoms with Crippen LogP contribution in [0.1, 0.15) is 15.9 Å². The van der Waals surface area contributed by atoms with E-state index < -0.39 is 23.7 Å². The van der Waals surface area contributed by atoms with Gasteiger partial charge in [0.15, 0.2) is 0 Å². The van der Waals surface area contributed by atoms with Gasteiger partial charge in [-0.1, -0.05) is 0 Å². The maximum Gasteiger partial charge on any atom is 0.248 e. The normalized spacial score (nSPS) is 12.1. The smallest absolute Gasteiger partial charge is 0.248 e. The van der Waals surface area contributed by atoms with Gasteiger partial charge in [0, 0.05) is 11.3 Å². The van der Waals surface area contributed by atoms with Gasteiger partial charge in [0.05, 0.1) is 11.7 Å². The van der Waals surface area contributed by atoms with Gasteiger partial charge in [0.25, 0.3) is 0 Å². The second-order valence-corrected chi connectivity index (χ2v) is 4.73.